The standard InChI is InChI=1S/C32H29BrN2O7S/c1-5-9-23-27(31(38)41-6-2)28(18-12-14-25(39-3)22(33)16-18)35-29(36)26(43-32(35)34-23)17-19-13-15-24(42-19)20-10-7-8-11-21(20)30(37)40-4/h7-8,10-17,28H,5-6,9H2,1-4H3/b26-17+/t28-/m0/s1. The van der Waals surface area contributed by atoms with E-state index in [-0.39, 0.29) is 12.2 Å². The quantitative estimate of drug-likeness (QED) is 0.221. The summed E-state index contributed by atoms with van der Waals surface area (Å²) in [5, 5.41) is 0. The van der Waals surface area contributed by atoms with E-state index in [1.54, 1.807) is 62.6 Å². The molecule has 0 spiro atoms. The highest BCUT2D eigenvalue weighted by molar-refractivity contribution is 9.10. The van der Waals surface area contributed by atoms with Crippen molar-refractivity contribution in [3.63, 3.8) is 0 Å². The zero-order chi connectivity index (χ0) is 30.7. The summed E-state index contributed by atoms with van der Waals surface area (Å²) in [4.78, 5) is 45.0. The van der Waals surface area contributed by atoms with Crippen molar-refractivity contribution in [3.05, 3.63) is 107 Å². The zero-order valence-corrected chi connectivity index (χ0v) is 26.4. The highest BCUT2D eigenvalue weighted by Gasteiger charge is 2.34. The number of hydrogen-bond acceptors (Lipinski definition) is 9. The number of carbonyl (C=O) groups is 2. The minimum absolute atomic E-state index is 0.186. The number of nitrogens with zero attached hydrogens (tertiary/aromatic N) is 2. The van der Waals surface area contributed by atoms with Crippen molar-refractivity contribution in [1.82, 2.24) is 4.57 Å². The lowest BCUT2D eigenvalue weighted by Crippen LogP contribution is -2.40. The van der Waals surface area contributed by atoms with Crippen LogP contribution in [-0.4, -0.2) is 37.3 Å². The van der Waals surface area contributed by atoms with Crippen molar-refractivity contribution in [3.8, 4) is 17.1 Å². The number of benzene rings is 2. The zero-order valence-electron chi connectivity index (χ0n) is 24.0. The van der Waals surface area contributed by atoms with E-state index in [4.69, 9.17) is 23.6 Å². The average molecular weight is 666 g/mol. The van der Waals surface area contributed by atoms with Crippen LogP contribution in [0.4, 0.5) is 0 Å². The molecule has 0 aliphatic carbocycles. The van der Waals surface area contributed by atoms with Gasteiger partial charge in [0.15, 0.2) is 4.80 Å². The fourth-order valence-corrected chi connectivity index (χ4v) is 6.54. The SMILES string of the molecule is CCCC1=C(C(=O)OCC)[C@H](c2ccc(OC)c(Br)c2)n2c(s/c(=C/c3ccc(-c4ccccc4C(=O)OC)o3)c2=O)=N1. The maximum absolute atomic E-state index is 14.0. The van der Waals surface area contributed by atoms with Gasteiger partial charge in [0, 0.05) is 11.6 Å². The predicted octanol–water partition coefficient (Wildman–Crippen LogP) is 5.40. The third-order valence-electron chi connectivity index (χ3n) is 6.88. The second-order valence-corrected chi connectivity index (χ2v) is 11.4. The lowest BCUT2D eigenvalue weighted by Gasteiger charge is -2.26. The van der Waals surface area contributed by atoms with Gasteiger partial charge < -0.3 is 18.6 Å². The van der Waals surface area contributed by atoms with Gasteiger partial charge in [0.1, 0.15) is 17.3 Å². The van der Waals surface area contributed by atoms with Crippen LogP contribution in [-0.2, 0) is 14.3 Å². The summed E-state index contributed by atoms with van der Waals surface area (Å²) in [6.07, 6.45) is 2.93. The highest BCUT2D eigenvalue weighted by Crippen LogP contribution is 2.36. The number of allylic oxidation sites excluding steroid dienone is 1. The number of esters is 2. The molecule has 0 radical (unpaired) electrons. The molecule has 222 valence electrons. The van der Waals surface area contributed by atoms with Crippen molar-refractivity contribution >= 4 is 45.3 Å². The molecule has 2 aromatic carbocycles. The Balaban J connectivity index is 1.67. The molecule has 1 atom stereocenters. The summed E-state index contributed by atoms with van der Waals surface area (Å²) in [5.41, 5.74) is 2.23. The summed E-state index contributed by atoms with van der Waals surface area (Å²) in [5.74, 6) is 0.500. The first-order valence-corrected chi connectivity index (χ1v) is 15.2. The van der Waals surface area contributed by atoms with Gasteiger partial charge in [-0.15, -0.1) is 0 Å². The number of methoxy groups -OCH3 is 2. The van der Waals surface area contributed by atoms with Crippen LogP contribution >= 0.6 is 27.3 Å². The van der Waals surface area contributed by atoms with Gasteiger partial charge in [0.2, 0.25) is 0 Å². The Morgan fingerprint density at radius 2 is 1.88 bits per heavy atom. The number of fused-ring (bicyclic) bond motifs is 1. The average Bonchev–Trinajstić information content (AvgIpc) is 3.60. The molecule has 1 aliphatic heterocycles. The molecule has 0 amide bonds. The number of hydrogen-bond donors (Lipinski definition) is 0. The molecule has 0 fully saturated rings. The highest BCUT2D eigenvalue weighted by atomic mass is 79.9. The van der Waals surface area contributed by atoms with E-state index >= 15 is 0 Å². The Morgan fingerprint density at radius 3 is 2.58 bits per heavy atom. The van der Waals surface area contributed by atoms with Crippen LogP contribution in [0.15, 0.2) is 84.5 Å². The summed E-state index contributed by atoms with van der Waals surface area (Å²) < 4.78 is 24.4. The summed E-state index contributed by atoms with van der Waals surface area (Å²) >= 11 is 4.75. The molecule has 11 heteroatoms. The third-order valence-corrected chi connectivity index (χ3v) is 8.48. The molecular weight excluding hydrogens is 636 g/mol. The van der Waals surface area contributed by atoms with E-state index in [0.717, 1.165) is 6.42 Å². The number of halogens is 1. The molecule has 2 aromatic heterocycles. The minimum atomic E-state index is -0.764. The van der Waals surface area contributed by atoms with Gasteiger partial charge in [-0.25, -0.2) is 14.6 Å². The van der Waals surface area contributed by atoms with Crippen molar-refractivity contribution < 1.29 is 28.2 Å². The monoisotopic (exact) mass is 664 g/mol. The van der Waals surface area contributed by atoms with Crippen LogP contribution in [0.3, 0.4) is 0 Å². The first-order chi connectivity index (χ1) is 20.8. The third kappa shape index (κ3) is 5.87. The van der Waals surface area contributed by atoms with Crippen LogP contribution in [0, 0.1) is 0 Å². The van der Waals surface area contributed by atoms with Crippen molar-refractivity contribution in [2.45, 2.75) is 32.7 Å². The topological polar surface area (TPSA) is 109 Å². The van der Waals surface area contributed by atoms with Crippen molar-refractivity contribution in [2.75, 3.05) is 20.8 Å². The smallest absolute Gasteiger partial charge is 0.338 e. The Kier molecular flexibility index (Phi) is 9.12. The van der Waals surface area contributed by atoms with Crippen LogP contribution in [0.5, 0.6) is 5.75 Å². The maximum atomic E-state index is 14.0. The number of rotatable bonds is 9. The molecule has 0 bridgehead atoms. The van der Waals surface area contributed by atoms with Crippen molar-refractivity contribution in [1.29, 1.82) is 0 Å². The van der Waals surface area contributed by atoms with E-state index in [1.165, 1.54) is 23.0 Å². The lowest BCUT2D eigenvalue weighted by molar-refractivity contribution is -0.139. The molecule has 0 unspecified atom stereocenters. The molecule has 3 heterocycles. The van der Waals surface area contributed by atoms with E-state index in [1.807, 2.05) is 19.1 Å². The fraction of sp³-hybridized carbons (Fsp3) is 0.250. The number of furan rings is 1. The largest absolute Gasteiger partial charge is 0.496 e. The lowest BCUT2D eigenvalue weighted by atomic mass is 9.94. The Morgan fingerprint density at radius 1 is 1.09 bits per heavy atom. The Labute approximate surface area is 259 Å². The number of ether oxygens (including phenoxy) is 3. The molecule has 5 rings (SSSR count). The van der Waals surface area contributed by atoms with Gasteiger partial charge in [0.05, 0.1) is 52.7 Å². The summed E-state index contributed by atoms with van der Waals surface area (Å²) in [6, 6.07) is 15.1. The number of thiazole rings is 1. The van der Waals surface area contributed by atoms with E-state index < -0.39 is 18.0 Å². The molecule has 0 saturated heterocycles. The molecule has 0 saturated carbocycles. The van der Waals surface area contributed by atoms with Crippen LogP contribution < -0.4 is 19.6 Å². The molecule has 4 aromatic rings. The minimum Gasteiger partial charge on any atom is -0.496 e. The van der Waals surface area contributed by atoms with Gasteiger partial charge in [0.25, 0.3) is 5.56 Å². The predicted molar refractivity (Wildman–Crippen MR) is 166 cm³/mol. The summed E-state index contributed by atoms with van der Waals surface area (Å²) in [7, 11) is 2.89. The molecule has 0 N–H and O–H groups in total. The van der Waals surface area contributed by atoms with E-state index in [0.29, 0.717) is 65.5 Å². The number of carbonyl (C=O) groups excluding carboxylic acids is 2. The first-order valence-electron chi connectivity index (χ1n) is 13.6. The Hall–Kier alpha value is -4.22. The summed E-state index contributed by atoms with van der Waals surface area (Å²) in [6.45, 7) is 3.94. The molecule has 1 aliphatic rings. The maximum Gasteiger partial charge on any atom is 0.338 e. The van der Waals surface area contributed by atoms with Gasteiger partial charge in [-0.1, -0.05) is 48.9 Å². The van der Waals surface area contributed by atoms with Gasteiger partial charge >= 0.3 is 11.9 Å². The Bertz CT molecular complexity index is 1920. The fourth-order valence-electron chi connectivity index (χ4n) is 4.98. The normalized spacial score (nSPS) is 14.7. The number of aromatic nitrogens is 1. The van der Waals surface area contributed by atoms with Crippen LogP contribution in [0.2, 0.25) is 0 Å². The van der Waals surface area contributed by atoms with Crippen LogP contribution in [0.25, 0.3) is 17.4 Å². The first kappa shape index (κ1) is 30.2. The van der Waals surface area contributed by atoms with Crippen LogP contribution in [0.1, 0.15) is 54.4 Å². The second-order valence-electron chi connectivity index (χ2n) is 9.55. The van der Waals surface area contributed by atoms with Crippen molar-refractivity contribution in [2.24, 2.45) is 4.99 Å². The molecule has 9 nitrogen and oxygen atoms in total. The van der Waals surface area contributed by atoms with Gasteiger partial charge in [-0.3, -0.25) is 9.36 Å². The second kappa shape index (κ2) is 13.0. The molecule has 43 heavy (non-hydrogen) atoms. The van der Waals surface area contributed by atoms with Gasteiger partial charge in [-0.2, -0.15) is 0 Å². The van der Waals surface area contributed by atoms with E-state index in [9.17, 15) is 14.4 Å². The van der Waals surface area contributed by atoms with E-state index in [2.05, 4.69) is 15.9 Å². The van der Waals surface area contributed by atoms with Gasteiger partial charge in [-0.05, 0) is 65.2 Å². The molecular formula is C32H29BrN2O7S.